The Kier molecular flexibility index (Phi) is 6.56. The first-order chi connectivity index (χ1) is 17.8. The number of thiazole rings is 1. The maximum Gasteiger partial charge on any atom is 0.338 e. The van der Waals surface area contributed by atoms with Crippen molar-refractivity contribution in [3.8, 4) is 5.69 Å². The molecule has 2 aromatic heterocycles. The molecule has 1 aliphatic heterocycles. The standard InChI is InChI=1S/C30H29N3O3S/c1-6-24-26(29(35)36-5)27(21-12-8-7-9-13-21)33-28(34)25(37-30(33)31-24)17-22-16-19(3)32(20(22)4)23-14-10-11-18(2)15-23/h7-17,27H,6H2,1-5H3/b25-17-/t27-/m1/s1. The molecule has 0 unspecified atom stereocenters. The SMILES string of the molecule is CCC1=C(C(=O)OC)[C@@H](c2ccccc2)n2c(s/c(=C\c3cc(C)n(-c4cccc(C)c4)c3C)c2=O)=N1. The van der Waals surface area contributed by atoms with Crippen molar-refractivity contribution < 1.29 is 9.53 Å². The first-order valence-corrected chi connectivity index (χ1v) is 13.1. The van der Waals surface area contributed by atoms with E-state index in [4.69, 9.17) is 9.73 Å². The molecule has 0 aliphatic carbocycles. The predicted molar refractivity (Wildman–Crippen MR) is 147 cm³/mol. The van der Waals surface area contributed by atoms with E-state index in [0.29, 0.717) is 27.0 Å². The molecule has 188 valence electrons. The molecule has 1 atom stereocenters. The fourth-order valence-corrected chi connectivity index (χ4v) is 6.07. The van der Waals surface area contributed by atoms with Gasteiger partial charge in [-0.1, -0.05) is 60.7 Å². The summed E-state index contributed by atoms with van der Waals surface area (Å²) in [6.07, 6.45) is 2.49. The zero-order valence-electron chi connectivity index (χ0n) is 21.6. The summed E-state index contributed by atoms with van der Waals surface area (Å²) in [5.74, 6) is -0.467. The minimum Gasteiger partial charge on any atom is -0.466 e. The van der Waals surface area contributed by atoms with E-state index in [2.05, 4.69) is 55.7 Å². The Labute approximate surface area is 219 Å². The van der Waals surface area contributed by atoms with Gasteiger partial charge >= 0.3 is 5.97 Å². The topological polar surface area (TPSA) is 65.6 Å². The number of benzene rings is 2. The molecule has 0 fully saturated rings. The number of allylic oxidation sites excluding steroid dienone is 1. The lowest BCUT2D eigenvalue weighted by atomic mass is 9.95. The second kappa shape index (κ2) is 9.82. The Balaban J connectivity index is 1.72. The third-order valence-electron chi connectivity index (χ3n) is 6.78. The van der Waals surface area contributed by atoms with Crippen molar-refractivity contribution in [3.63, 3.8) is 0 Å². The molecule has 5 rings (SSSR count). The number of carbonyl (C=O) groups excluding carboxylic acids is 1. The monoisotopic (exact) mass is 511 g/mol. The lowest BCUT2D eigenvalue weighted by Crippen LogP contribution is -2.40. The van der Waals surface area contributed by atoms with Crippen molar-refractivity contribution >= 4 is 23.4 Å². The van der Waals surface area contributed by atoms with E-state index < -0.39 is 12.0 Å². The molecule has 1 aliphatic rings. The van der Waals surface area contributed by atoms with Crippen LogP contribution in [0.1, 0.15) is 47.5 Å². The van der Waals surface area contributed by atoms with Crippen LogP contribution in [0.5, 0.6) is 0 Å². The highest BCUT2D eigenvalue weighted by Gasteiger charge is 2.33. The molecule has 0 spiro atoms. The van der Waals surface area contributed by atoms with Gasteiger partial charge in [0.1, 0.15) is 0 Å². The zero-order valence-corrected chi connectivity index (χ0v) is 22.4. The second-order valence-corrected chi connectivity index (χ2v) is 10.2. The summed E-state index contributed by atoms with van der Waals surface area (Å²) < 4.78 is 9.55. The highest BCUT2D eigenvalue weighted by atomic mass is 32.1. The van der Waals surface area contributed by atoms with Crippen LogP contribution in [0.15, 0.2) is 81.7 Å². The van der Waals surface area contributed by atoms with E-state index in [1.165, 1.54) is 24.0 Å². The fraction of sp³-hybridized carbons (Fsp3) is 0.233. The fourth-order valence-electron chi connectivity index (χ4n) is 5.05. The first kappa shape index (κ1) is 24.7. The minimum atomic E-state index is -0.596. The molecule has 7 heteroatoms. The van der Waals surface area contributed by atoms with E-state index in [1.54, 1.807) is 4.57 Å². The molecule has 0 N–H and O–H groups in total. The van der Waals surface area contributed by atoms with Crippen LogP contribution in [-0.2, 0) is 9.53 Å². The van der Waals surface area contributed by atoms with Gasteiger partial charge in [-0.15, -0.1) is 0 Å². The summed E-state index contributed by atoms with van der Waals surface area (Å²) in [5, 5.41) is 0. The van der Waals surface area contributed by atoms with Crippen LogP contribution in [0.3, 0.4) is 0 Å². The van der Waals surface area contributed by atoms with Crippen LogP contribution in [0.2, 0.25) is 0 Å². The van der Waals surface area contributed by atoms with Crippen LogP contribution in [-0.4, -0.2) is 22.2 Å². The Morgan fingerprint density at radius 3 is 2.51 bits per heavy atom. The number of carbonyl (C=O) groups is 1. The van der Waals surface area contributed by atoms with Gasteiger partial charge in [0.25, 0.3) is 5.56 Å². The van der Waals surface area contributed by atoms with Crippen LogP contribution in [0.4, 0.5) is 0 Å². The minimum absolute atomic E-state index is 0.172. The third-order valence-corrected chi connectivity index (χ3v) is 7.77. The number of esters is 1. The molecule has 0 saturated heterocycles. The molecule has 0 radical (unpaired) electrons. The van der Waals surface area contributed by atoms with Crippen molar-refractivity contribution in [2.24, 2.45) is 4.99 Å². The van der Waals surface area contributed by atoms with Gasteiger partial charge in [-0.25, -0.2) is 9.79 Å². The predicted octanol–water partition coefficient (Wildman–Crippen LogP) is 4.51. The van der Waals surface area contributed by atoms with Gasteiger partial charge in [0.05, 0.1) is 29.0 Å². The first-order valence-electron chi connectivity index (χ1n) is 12.3. The lowest BCUT2D eigenvalue weighted by Gasteiger charge is -2.25. The summed E-state index contributed by atoms with van der Waals surface area (Å²) in [5.41, 5.74) is 7.12. The summed E-state index contributed by atoms with van der Waals surface area (Å²) >= 11 is 1.35. The maximum atomic E-state index is 13.9. The van der Waals surface area contributed by atoms with Gasteiger partial charge in [-0.2, -0.15) is 0 Å². The average molecular weight is 512 g/mol. The van der Waals surface area contributed by atoms with E-state index in [9.17, 15) is 9.59 Å². The van der Waals surface area contributed by atoms with Crippen LogP contribution >= 0.6 is 11.3 Å². The number of nitrogens with zero attached hydrogens (tertiary/aromatic N) is 3. The number of methoxy groups -OCH3 is 1. The number of hydrogen-bond acceptors (Lipinski definition) is 5. The molecular formula is C30H29N3O3S. The van der Waals surface area contributed by atoms with Crippen molar-refractivity contribution in [2.75, 3.05) is 7.11 Å². The molecule has 0 amide bonds. The highest BCUT2D eigenvalue weighted by molar-refractivity contribution is 7.07. The molecule has 3 heterocycles. The number of hydrogen-bond donors (Lipinski definition) is 0. The summed E-state index contributed by atoms with van der Waals surface area (Å²) in [7, 11) is 1.36. The number of ether oxygens (including phenoxy) is 1. The van der Waals surface area contributed by atoms with Gasteiger partial charge in [-0.3, -0.25) is 9.36 Å². The number of aromatic nitrogens is 2. The van der Waals surface area contributed by atoms with Gasteiger partial charge < -0.3 is 9.30 Å². The Bertz CT molecular complexity index is 1720. The van der Waals surface area contributed by atoms with E-state index in [1.807, 2.05) is 43.3 Å². The van der Waals surface area contributed by atoms with Gasteiger partial charge in [0.2, 0.25) is 0 Å². The Morgan fingerprint density at radius 1 is 1.08 bits per heavy atom. The zero-order chi connectivity index (χ0) is 26.3. The largest absolute Gasteiger partial charge is 0.466 e. The second-order valence-electron chi connectivity index (χ2n) is 9.20. The van der Waals surface area contributed by atoms with E-state index >= 15 is 0 Å². The van der Waals surface area contributed by atoms with E-state index in [0.717, 1.165) is 28.2 Å². The van der Waals surface area contributed by atoms with Gasteiger partial charge in [0.15, 0.2) is 4.80 Å². The van der Waals surface area contributed by atoms with Crippen molar-refractivity contribution in [1.29, 1.82) is 0 Å². The lowest BCUT2D eigenvalue weighted by molar-refractivity contribution is -0.136. The molecule has 0 saturated carbocycles. The average Bonchev–Trinajstić information content (AvgIpc) is 3.36. The van der Waals surface area contributed by atoms with Crippen molar-refractivity contribution in [1.82, 2.24) is 9.13 Å². The van der Waals surface area contributed by atoms with Crippen molar-refractivity contribution in [2.45, 2.75) is 40.2 Å². The summed E-state index contributed by atoms with van der Waals surface area (Å²) in [6, 6.07) is 19.5. The molecule has 0 bridgehead atoms. The normalized spacial score (nSPS) is 15.5. The van der Waals surface area contributed by atoms with E-state index in [-0.39, 0.29) is 5.56 Å². The molecule has 37 heavy (non-hydrogen) atoms. The number of aryl methyl sites for hydroxylation is 2. The van der Waals surface area contributed by atoms with Crippen LogP contribution in [0, 0.1) is 20.8 Å². The summed E-state index contributed by atoms with van der Waals surface area (Å²) in [6.45, 7) is 8.17. The van der Waals surface area contributed by atoms with Gasteiger partial charge in [-0.05, 0) is 68.2 Å². The van der Waals surface area contributed by atoms with Crippen LogP contribution < -0.4 is 14.9 Å². The molecule has 4 aromatic rings. The van der Waals surface area contributed by atoms with Crippen LogP contribution in [0.25, 0.3) is 11.8 Å². The molecule has 2 aromatic carbocycles. The maximum absolute atomic E-state index is 13.9. The Hall–Kier alpha value is -3.97. The quantitative estimate of drug-likeness (QED) is 0.370. The highest BCUT2D eigenvalue weighted by Crippen LogP contribution is 2.31. The Morgan fingerprint density at radius 2 is 1.84 bits per heavy atom. The number of rotatable bonds is 5. The molecular weight excluding hydrogens is 482 g/mol. The summed E-state index contributed by atoms with van der Waals surface area (Å²) in [4.78, 5) is 32.1. The molecule has 6 nitrogen and oxygen atoms in total. The smallest absolute Gasteiger partial charge is 0.338 e. The van der Waals surface area contributed by atoms with Gasteiger partial charge in [0, 0.05) is 17.1 Å². The number of fused-ring (bicyclic) bond motifs is 1. The third kappa shape index (κ3) is 4.29. The van der Waals surface area contributed by atoms with Crippen molar-refractivity contribution in [3.05, 3.63) is 120 Å².